The van der Waals surface area contributed by atoms with E-state index in [1.165, 1.54) is 0 Å². The normalized spacial score (nSPS) is 13.0. The van der Waals surface area contributed by atoms with Gasteiger partial charge in [0.15, 0.2) is 0 Å². The first-order valence-electron chi connectivity index (χ1n) is 8.92. The van der Waals surface area contributed by atoms with Gasteiger partial charge in [-0.2, -0.15) is 0 Å². The fraction of sp³-hybridized carbons (Fsp3) is 0.381. The molecule has 0 heterocycles. The molecule has 146 valence electrons. The largest absolute Gasteiger partial charge is 0.497 e. The molecule has 6 heteroatoms. The maximum Gasteiger partial charge on any atom is 0.319 e. The first kappa shape index (κ1) is 21.0. The van der Waals surface area contributed by atoms with E-state index < -0.39 is 22.0 Å². The number of ether oxygens (including phenoxy) is 2. The van der Waals surface area contributed by atoms with Crippen LogP contribution in [0.2, 0.25) is 0 Å². The van der Waals surface area contributed by atoms with Crippen LogP contribution in [0.15, 0.2) is 48.5 Å². The van der Waals surface area contributed by atoms with Gasteiger partial charge in [-0.1, -0.05) is 29.8 Å². The van der Waals surface area contributed by atoms with Gasteiger partial charge in [0.25, 0.3) is 0 Å². The van der Waals surface area contributed by atoms with E-state index in [0.717, 1.165) is 16.9 Å². The van der Waals surface area contributed by atoms with Crippen molar-refractivity contribution in [2.45, 2.75) is 31.4 Å². The SMILES string of the molecule is COc1ccc(OCCCS(=O)C(CCc2ccc(C)cc2)C(=O)O)cc1. The number of carboxylic acid groups (broad SMARTS) is 1. The summed E-state index contributed by atoms with van der Waals surface area (Å²) >= 11 is 0. The van der Waals surface area contributed by atoms with E-state index in [1.54, 1.807) is 31.4 Å². The van der Waals surface area contributed by atoms with Crippen LogP contribution < -0.4 is 9.47 Å². The van der Waals surface area contributed by atoms with Crippen LogP contribution in [0.3, 0.4) is 0 Å². The second-order valence-electron chi connectivity index (χ2n) is 6.31. The van der Waals surface area contributed by atoms with Crippen LogP contribution in [0.25, 0.3) is 0 Å². The molecule has 0 spiro atoms. The summed E-state index contributed by atoms with van der Waals surface area (Å²) in [7, 11) is 0.172. The number of hydrogen-bond donors (Lipinski definition) is 1. The lowest BCUT2D eigenvalue weighted by Gasteiger charge is -2.13. The summed E-state index contributed by atoms with van der Waals surface area (Å²) in [4.78, 5) is 11.5. The van der Waals surface area contributed by atoms with Crippen LogP contribution in [0.1, 0.15) is 24.0 Å². The molecule has 2 unspecified atom stereocenters. The Labute approximate surface area is 162 Å². The van der Waals surface area contributed by atoms with E-state index in [0.29, 0.717) is 37.4 Å². The quantitative estimate of drug-likeness (QED) is 0.594. The Kier molecular flexibility index (Phi) is 8.33. The lowest BCUT2D eigenvalue weighted by Crippen LogP contribution is -2.28. The summed E-state index contributed by atoms with van der Waals surface area (Å²) in [6.07, 6.45) is 1.50. The van der Waals surface area contributed by atoms with Crippen molar-refractivity contribution in [3.05, 3.63) is 59.7 Å². The number of rotatable bonds is 11. The van der Waals surface area contributed by atoms with Gasteiger partial charge in [-0.05, 0) is 56.0 Å². The zero-order valence-corrected chi connectivity index (χ0v) is 16.5. The van der Waals surface area contributed by atoms with Gasteiger partial charge in [0, 0.05) is 16.6 Å². The van der Waals surface area contributed by atoms with Crippen LogP contribution in [-0.4, -0.2) is 40.0 Å². The van der Waals surface area contributed by atoms with E-state index in [-0.39, 0.29) is 0 Å². The van der Waals surface area contributed by atoms with Crippen molar-refractivity contribution in [3.63, 3.8) is 0 Å². The van der Waals surface area contributed by atoms with Gasteiger partial charge >= 0.3 is 5.97 Å². The van der Waals surface area contributed by atoms with Crippen LogP contribution in [0, 0.1) is 6.92 Å². The Balaban J connectivity index is 1.76. The molecule has 0 aliphatic carbocycles. The molecule has 0 aliphatic heterocycles. The fourth-order valence-electron chi connectivity index (χ4n) is 2.63. The minimum atomic E-state index is -1.43. The molecule has 0 saturated carbocycles. The molecule has 27 heavy (non-hydrogen) atoms. The van der Waals surface area contributed by atoms with Crippen molar-refractivity contribution < 1.29 is 23.6 Å². The maximum atomic E-state index is 12.4. The maximum absolute atomic E-state index is 12.4. The molecule has 2 aromatic carbocycles. The first-order chi connectivity index (χ1) is 13.0. The third-order valence-corrected chi connectivity index (χ3v) is 5.99. The topological polar surface area (TPSA) is 72.8 Å². The number of aryl methyl sites for hydroxylation is 2. The molecule has 0 bridgehead atoms. The van der Waals surface area contributed by atoms with E-state index >= 15 is 0 Å². The van der Waals surface area contributed by atoms with Gasteiger partial charge < -0.3 is 14.6 Å². The predicted octanol–water partition coefficient (Wildman–Crippen LogP) is 3.61. The lowest BCUT2D eigenvalue weighted by molar-refractivity contribution is -0.136. The van der Waals surface area contributed by atoms with Crippen LogP contribution in [0.4, 0.5) is 0 Å². The number of methoxy groups -OCH3 is 1. The highest BCUT2D eigenvalue weighted by Crippen LogP contribution is 2.17. The number of carboxylic acids is 1. The average Bonchev–Trinajstić information content (AvgIpc) is 2.67. The predicted molar refractivity (Wildman–Crippen MR) is 107 cm³/mol. The van der Waals surface area contributed by atoms with Crippen molar-refractivity contribution in [1.29, 1.82) is 0 Å². The van der Waals surface area contributed by atoms with Crippen molar-refractivity contribution >= 4 is 16.8 Å². The van der Waals surface area contributed by atoms with Crippen molar-refractivity contribution in [2.75, 3.05) is 19.5 Å². The smallest absolute Gasteiger partial charge is 0.319 e. The van der Waals surface area contributed by atoms with E-state index in [2.05, 4.69) is 0 Å². The van der Waals surface area contributed by atoms with E-state index in [9.17, 15) is 14.1 Å². The van der Waals surface area contributed by atoms with Gasteiger partial charge in [0.05, 0.1) is 13.7 Å². The molecular formula is C21H26O5S. The van der Waals surface area contributed by atoms with Gasteiger partial charge in [0.2, 0.25) is 0 Å². The molecule has 1 N–H and O–H groups in total. The Morgan fingerprint density at radius 2 is 1.70 bits per heavy atom. The average molecular weight is 391 g/mol. The molecule has 0 fully saturated rings. The molecule has 5 nitrogen and oxygen atoms in total. The molecular weight excluding hydrogens is 364 g/mol. The second kappa shape index (κ2) is 10.7. The third-order valence-electron chi connectivity index (χ3n) is 4.23. The monoisotopic (exact) mass is 390 g/mol. The highest BCUT2D eigenvalue weighted by Gasteiger charge is 2.24. The summed E-state index contributed by atoms with van der Waals surface area (Å²) in [6.45, 7) is 2.40. The zero-order chi connectivity index (χ0) is 19.6. The summed E-state index contributed by atoms with van der Waals surface area (Å²) < 4.78 is 23.1. The molecule has 2 atom stereocenters. The Hall–Kier alpha value is -2.34. The number of hydrogen-bond acceptors (Lipinski definition) is 4. The summed E-state index contributed by atoms with van der Waals surface area (Å²) in [6, 6.07) is 15.2. The fourth-order valence-corrected chi connectivity index (χ4v) is 3.92. The van der Waals surface area contributed by atoms with Gasteiger partial charge in [0.1, 0.15) is 16.7 Å². The Morgan fingerprint density at radius 3 is 2.30 bits per heavy atom. The molecule has 0 saturated heterocycles. The van der Waals surface area contributed by atoms with Gasteiger partial charge in [-0.15, -0.1) is 0 Å². The first-order valence-corrected chi connectivity index (χ1v) is 10.3. The highest BCUT2D eigenvalue weighted by molar-refractivity contribution is 7.86. The van der Waals surface area contributed by atoms with Crippen LogP contribution >= 0.6 is 0 Å². The zero-order valence-electron chi connectivity index (χ0n) is 15.7. The lowest BCUT2D eigenvalue weighted by atomic mass is 10.1. The van der Waals surface area contributed by atoms with Crippen LogP contribution in [-0.2, 0) is 22.0 Å². The van der Waals surface area contributed by atoms with Crippen molar-refractivity contribution in [3.8, 4) is 11.5 Å². The van der Waals surface area contributed by atoms with Crippen molar-refractivity contribution in [2.24, 2.45) is 0 Å². The Bertz CT molecular complexity index is 740. The van der Waals surface area contributed by atoms with Crippen LogP contribution in [0.5, 0.6) is 11.5 Å². The summed E-state index contributed by atoms with van der Waals surface area (Å²) in [5.41, 5.74) is 2.22. The summed E-state index contributed by atoms with van der Waals surface area (Å²) in [5, 5.41) is 8.56. The van der Waals surface area contributed by atoms with Gasteiger partial charge in [-0.3, -0.25) is 9.00 Å². The van der Waals surface area contributed by atoms with E-state index in [4.69, 9.17) is 9.47 Å². The molecule has 2 rings (SSSR count). The number of carbonyl (C=O) groups is 1. The number of benzene rings is 2. The molecule has 2 aromatic rings. The standard InChI is InChI=1S/C21H26O5S/c1-16-4-6-17(7-5-16)8-13-20(21(22)23)27(24)15-3-14-26-19-11-9-18(25-2)10-12-19/h4-7,9-12,20H,3,8,13-15H2,1-2H3,(H,22,23). The second-order valence-corrected chi connectivity index (χ2v) is 8.05. The van der Waals surface area contributed by atoms with E-state index in [1.807, 2.05) is 31.2 Å². The molecule has 0 radical (unpaired) electrons. The minimum absolute atomic E-state index is 0.307. The summed E-state index contributed by atoms with van der Waals surface area (Å²) in [5.74, 6) is 0.759. The van der Waals surface area contributed by atoms with Gasteiger partial charge in [-0.25, -0.2) is 0 Å². The van der Waals surface area contributed by atoms with Crippen molar-refractivity contribution in [1.82, 2.24) is 0 Å². The highest BCUT2D eigenvalue weighted by atomic mass is 32.2. The minimum Gasteiger partial charge on any atom is -0.497 e. The molecule has 0 aromatic heterocycles. The third kappa shape index (κ3) is 7.06. The Morgan fingerprint density at radius 1 is 1.07 bits per heavy atom. The molecule has 0 aliphatic rings. The number of aliphatic carboxylic acids is 1. The molecule has 0 amide bonds.